The molecule has 4 rings (SSSR count). The zero-order chi connectivity index (χ0) is 18.1. The molecule has 7 atom stereocenters. The van der Waals surface area contributed by atoms with Crippen molar-refractivity contribution in [1.82, 2.24) is 0 Å². The van der Waals surface area contributed by atoms with Gasteiger partial charge in [0.05, 0.1) is 12.7 Å². The highest BCUT2D eigenvalue weighted by molar-refractivity contribution is 5.18. The fraction of sp³-hybridized carbons (Fsp3) is 0.429. The second-order valence-electron chi connectivity index (χ2n) is 6.96. The molecule has 2 N–H and O–H groups in total. The van der Waals surface area contributed by atoms with Crippen LogP contribution in [-0.4, -0.2) is 46.8 Å². The third-order valence-electron chi connectivity index (χ3n) is 5.15. The molecule has 26 heavy (non-hydrogen) atoms. The molecule has 2 aromatic carbocycles. The standard InChI is InChI=1S/C21H24O5/c1-13(15-10-6-3-7-11-15)25-20-18(16(22)17(23)19-21(20)26-19)24-12-14-8-4-2-5-9-14/h2-11,13,16-23H,12H2,1H3/t13-,16+,17-,18-,19-,20+,21-/m1/s1. The van der Waals surface area contributed by atoms with Gasteiger partial charge in [-0.05, 0) is 18.1 Å². The van der Waals surface area contributed by atoms with Gasteiger partial charge in [0.25, 0.3) is 0 Å². The Morgan fingerprint density at radius 2 is 1.54 bits per heavy atom. The average molecular weight is 356 g/mol. The second-order valence-corrected chi connectivity index (χ2v) is 6.96. The molecule has 0 spiro atoms. The maximum Gasteiger partial charge on any atom is 0.116 e. The van der Waals surface area contributed by atoms with Crippen molar-refractivity contribution in [3.8, 4) is 0 Å². The van der Waals surface area contributed by atoms with Crippen molar-refractivity contribution in [1.29, 1.82) is 0 Å². The number of benzene rings is 2. The van der Waals surface area contributed by atoms with Crippen molar-refractivity contribution in [2.24, 2.45) is 0 Å². The van der Waals surface area contributed by atoms with E-state index in [9.17, 15) is 10.2 Å². The summed E-state index contributed by atoms with van der Waals surface area (Å²) in [5.41, 5.74) is 2.05. The lowest BCUT2D eigenvalue weighted by Gasteiger charge is -2.36. The molecule has 1 aliphatic heterocycles. The van der Waals surface area contributed by atoms with E-state index in [-0.39, 0.29) is 18.3 Å². The van der Waals surface area contributed by atoms with Gasteiger partial charge in [0.1, 0.15) is 36.6 Å². The number of epoxide rings is 1. The Bertz CT molecular complexity index is 707. The van der Waals surface area contributed by atoms with E-state index in [1.165, 1.54) is 0 Å². The van der Waals surface area contributed by atoms with E-state index in [1.807, 2.05) is 67.6 Å². The van der Waals surface area contributed by atoms with Crippen LogP contribution in [0.1, 0.15) is 24.2 Å². The number of aliphatic hydroxyl groups excluding tert-OH is 2. The number of aliphatic hydroxyl groups is 2. The van der Waals surface area contributed by atoms with Gasteiger partial charge in [-0.1, -0.05) is 60.7 Å². The van der Waals surface area contributed by atoms with Crippen LogP contribution in [0.25, 0.3) is 0 Å². The third-order valence-corrected chi connectivity index (χ3v) is 5.15. The lowest BCUT2D eigenvalue weighted by atomic mass is 9.89. The molecule has 2 fully saturated rings. The summed E-state index contributed by atoms with van der Waals surface area (Å²) in [7, 11) is 0. The van der Waals surface area contributed by atoms with Gasteiger partial charge in [-0.15, -0.1) is 0 Å². The smallest absolute Gasteiger partial charge is 0.116 e. The minimum Gasteiger partial charge on any atom is -0.387 e. The Labute approximate surface area is 153 Å². The topological polar surface area (TPSA) is 71.5 Å². The van der Waals surface area contributed by atoms with Crippen LogP contribution in [0.15, 0.2) is 60.7 Å². The van der Waals surface area contributed by atoms with E-state index in [2.05, 4.69) is 0 Å². The maximum absolute atomic E-state index is 10.5. The molecule has 1 saturated heterocycles. The predicted molar refractivity (Wildman–Crippen MR) is 95.4 cm³/mol. The summed E-state index contributed by atoms with van der Waals surface area (Å²) in [6, 6.07) is 19.7. The molecule has 1 saturated carbocycles. The number of fused-ring (bicyclic) bond motifs is 1. The van der Waals surface area contributed by atoms with Crippen LogP contribution < -0.4 is 0 Å². The SMILES string of the molecule is C[C@@H](O[C@@H]1[C@@H]2O[C@@H]2[C@H](O)[C@H](O)[C@H]1OCc1ccccc1)c1ccccc1. The fourth-order valence-electron chi connectivity index (χ4n) is 3.60. The Kier molecular flexibility index (Phi) is 5.07. The van der Waals surface area contributed by atoms with E-state index in [1.54, 1.807) is 0 Å². The Morgan fingerprint density at radius 1 is 0.885 bits per heavy atom. The van der Waals surface area contributed by atoms with Crippen molar-refractivity contribution in [3.05, 3.63) is 71.8 Å². The van der Waals surface area contributed by atoms with E-state index in [0.29, 0.717) is 6.61 Å². The van der Waals surface area contributed by atoms with Crippen molar-refractivity contribution < 1.29 is 24.4 Å². The zero-order valence-electron chi connectivity index (χ0n) is 14.6. The van der Waals surface area contributed by atoms with Crippen molar-refractivity contribution in [2.75, 3.05) is 0 Å². The molecule has 0 aromatic heterocycles. The zero-order valence-corrected chi connectivity index (χ0v) is 14.6. The first-order chi connectivity index (χ1) is 12.6. The molecule has 0 radical (unpaired) electrons. The van der Waals surface area contributed by atoms with Crippen molar-refractivity contribution >= 4 is 0 Å². The van der Waals surface area contributed by atoms with E-state index < -0.39 is 24.4 Å². The van der Waals surface area contributed by atoms with Gasteiger partial charge in [0, 0.05) is 0 Å². The highest BCUT2D eigenvalue weighted by Crippen LogP contribution is 2.42. The van der Waals surface area contributed by atoms with Crippen molar-refractivity contribution in [2.45, 2.75) is 56.3 Å². The highest BCUT2D eigenvalue weighted by atomic mass is 16.6. The first-order valence-electron chi connectivity index (χ1n) is 9.02. The summed E-state index contributed by atoms with van der Waals surface area (Å²) < 4.78 is 17.8. The van der Waals surface area contributed by atoms with E-state index in [4.69, 9.17) is 14.2 Å². The lowest BCUT2D eigenvalue weighted by molar-refractivity contribution is -0.180. The number of rotatable bonds is 6. The summed E-state index contributed by atoms with van der Waals surface area (Å²) in [5.74, 6) is 0. The van der Waals surface area contributed by atoms with Crippen LogP contribution in [0.5, 0.6) is 0 Å². The van der Waals surface area contributed by atoms with E-state index >= 15 is 0 Å². The summed E-state index contributed by atoms with van der Waals surface area (Å²) in [5, 5.41) is 20.7. The van der Waals surface area contributed by atoms with Gasteiger partial charge in [0.15, 0.2) is 0 Å². The highest BCUT2D eigenvalue weighted by Gasteiger charge is 2.61. The van der Waals surface area contributed by atoms with E-state index in [0.717, 1.165) is 11.1 Å². The molecule has 0 bridgehead atoms. The first kappa shape index (κ1) is 17.6. The molecule has 1 aliphatic carbocycles. The molecular weight excluding hydrogens is 332 g/mol. The number of hydrogen-bond donors (Lipinski definition) is 2. The van der Waals surface area contributed by atoms with Crippen LogP contribution in [0.4, 0.5) is 0 Å². The minimum absolute atomic E-state index is 0.170. The number of hydrogen-bond acceptors (Lipinski definition) is 5. The minimum atomic E-state index is -1.05. The molecule has 0 unspecified atom stereocenters. The maximum atomic E-state index is 10.5. The molecule has 2 aromatic rings. The van der Waals surface area contributed by atoms with Gasteiger partial charge < -0.3 is 24.4 Å². The Hall–Kier alpha value is -1.76. The van der Waals surface area contributed by atoms with Crippen LogP contribution in [-0.2, 0) is 20.8 Å². The molecule has 0 amide bonds. The summed E-state index contributed by atoms with van der Waals surface area (Å²) >= 11 is 0. The molecule has 138 valence electrons. The molecule has 1 heterocycles. The lowest BCUT2D eigenvalue weighted by Crippen LogP contribution is -2.56. The van der Waals surface area contributed by atoms with Gasteiger partial charge >= 0.3 is 0 Å². The summed E-state index contributed by atoms with van der Waals surface area (Å²) in [6.07, 6.45) is -3.88. The quantitative estimate of drug-likeness (QED) is 0.777. The van der Waals surface area contributed by atoms with Crippen molar-refractivity contribution in [3.63, 3.8) is 0 Å². The summed E-state index contributed by atoms with van der Waals surface area (Å²) in [6.45, 7) is 2.31. The van der Waals surface area contributed by atoms with Gasteiger partial charge in [0.2, 0.25) is 0 Å². The largest absolute Gasteiger partial charge is 0.387 e. The Balaban J connectivity index is 1.48. The van der Waals surface area contributed by atoms with Gasteiger partial charge in [-0.25, -0.2) is 0 Å². The average Bonchev–Trinajstić information content (AvgIpc) is 3.48. The third kappa shape index (κ3) is 3.54. The van der Waals surface area contributed by atoms with Crippen LogP contribution in [0.2, 0.25) is 0 Å². The van der Waals surface area contributed by atoms with Crippen LogP contribution >= 0.6 is 0 Å². The predicted octanol–water partition coefficient (Wildman–Crippen LogP) is 2.22. The fourth-order valence-corrected chi connectivity index (χ4v) is 3.60. The summed E-state index contributed by atoms with van der Waals surface area (Å²) in [4.78, 5) is 0. The number of ether oxygens (including phenoxy) is 3. The van der Waals surface area contributed by atoms with Crippen LogP contribution in [0.3, 0.4) is 0 Å². The second kappa shape index (κ2) is 7.47. The molecular formula is C21H24O5. The monoisotopic (exact) mass is 356 g/mol. The normalized spacial score (nSPS) is 34.1. The van der Waals surface area contributed by atoms with Crippen LogP contribution in [0, 0.1) is 0 Å². The molecule has 2 aliphatic rings. The first-order valence-corrected chi connectivity index (χ1v) is 9.02. The molecule has 5 nitrogen and oxygen atoms in total. The Morgan fingerprint density at radius 3 is 2.23 bits per heavy atom. The van der Waals surface area contributed by atoms with Gasteiger partial charge in [-0.3, -0.25) is 0 Å². The van der Waals surface area contributed by atoms with Gasteiger partial charge in [-0.2, -0.15) is 0 Å². The molecule has 5 heteroatoms.